The van der Waals surface area contributed by atoms with Crippen molar-refractivity contribution in [1.82, 2.24) is 9.62 Å². The molecular weight excluding hydrogens is 280 g/mol. The molecule has 7 heteroatoms. The molecule has 0 heterocycles. The van der Waals surface area contributed by atoms with Crippen LogP contribution in [0.3, 0.4) is 0 Å². The van der Waals surface area contributed by atoms with E-state index < -0.39 is 16.0 Å². The van der Waals surface area contributed by atoms with Crippen LogP contribution in [0, 0.1) is 0 Å². The van der Waals surface area contributed by atoms with Gasteiger partial charge in [-0.2, -0.15) is 0 Å². The van der Waals surface area contributed by atoms with Gasteiger partial charge in [-0.05, 0) is 44.8 Å². The first kappa shape index (κ1) is 16.6. The number of carboxylic acid groups (broad SMARTS) is 1. The third kappa shape index (κ3) is 5.68. The normalized spacial score (nSPS) is 11.8. The molecular formula is C13H20N2O4S. The lowest BCUT2D eigenvalue weighted by molar-refractivity contribution is -0.136. The number of nitrogens with zero attached hydrogens (tertiary/aromatic N) is 1. The van der Waals surface area contributed by atoms with E-state index in [0.29, 0.717) is 12.1 Å². The van der Waals surface area contributed by atoms with Gasteiger partial charge < -0.3 is 10.0 Å². The van der Waals surface area contributed by atoms with E-state index in [4.69, 9.17) is 5.11 Å². The van der Waals surface area contributed by atoms with Crippen LogP contribution in [0.15, 0.2) is 29.2 Å². The topological polar surface area (TPSA) is 86.7 Å². The van der Waals surface area contributed by atoms with Crippen LogP contribution in [0.1, 0.15) is 12.0 Å². The Labute approximate surface area is 119 Å². The molecule has 20 heavy (non-hydrogen) atoms. The van der Waals surface area contributed by atoms with Crippen LogP contribution in [0.4, 0.5) is 0 Å². The number of aliphatic carboxylic acids is 1. The van der Waals surface area contributed by atoms with E-state index in [1.807, 2.05) is 19.0 Å². The summed E-state index contributed by atoms with van der Waals surface area (Å²) in [5, 5.41) is 8.65. The van der Waals surface area contributed by atoms with Gasteiger partial charge in [0.1, 0.15) is 0 Å². The molecule has 0 aliphatic rings. The SMILES string of the molecule is CN(C)CCCNS(=O)(=O)c1ccc(CC(=O)O)cc1. The summed E-state index contributed by atoms with van der Waals surface area (Å²) < 4.78 is 26.5. The number of carboxylic acids is 1. The van der Waals surface area contributed by atoms with Crippen LogP contribution in [0.5, 0.6) is 0 Å². The molecule has 0 radical (unpaired) electrons. The fraction of sp³-hybridized carbons (Fsp3) is 0.462. The molecule has 0 unspecified atom stereocenters. The number of rotatable bonds is 8. The number of hydrogen-bond donors (Lipinski definition) is 2. The highest BCUT2D eigenvalue weighted by Gasteiger charge is 2.13. The zero-order valence-electron chi connectivity index (χ0n) is 11.7. The Morgan fingerprint density at radius 3 is 2.35 bits per heavy atom. The van der Waals surface area contributed by atoms with Crippen LogP contribution in [0.2, 0.25) is 0 Å². The molecule has 0 bridgehead atoms. The van der Waals surface area contributed by atoms with Crippen molar-refractivity contribution < 1.29 is 18.3 Å². The van der Waals surface area contributed by atoms with Crippen molar-refractivity contribution >= 4 is 16.0 Å². The first-order chi connectivity index (χ1) is 9.31. The molecule has 112 valence electrons. The van der Waals surface area contributed by atoms with Gasteiger partial charge in [-0.1, -0.05) is 12.1 Å². The Balaban J connectivity index is 2.61. The average molecular weight is 300 g/mol. The number of carbonyl (C=O) groups is 1. The van der Waals surface area contributed by atoms with Gasteiger partial charge >= 0.3 is 5.97 Å². The second kappa shape index (κ2) is 7.37. The summed E-state index contributed by atoms with van der Waals surface area (Å²) in [6.45, 7) is 1.18. The van der Waals surface area contributed by atoms with Crippen molar-refractivity contribution in [3.05, 3.63) is 29.8 Å². The van der Waals surface area contributed by atoms with Crippen molar-refractivity contribution in [3.63, 3.8) is 0 Å². The zero-order valence-corrected chi connectivity index (χ0v) is 12.5. The average Bonchev–Trinajstić information content (AvgIpc) is 2.34. The lowest BCUT2D eigenvalue weighted by Gasteiger charge is -2.10. The maximum atomic E-state index is 12.0. The third-order valence-electron chi connectivity index (χ3n) is 2.66. The fourth-order valence-electron chi connectivity index (χ4n) is 1.65. The lowest BCUT2D eigenvalue weighted by Crippen LogP contribution is -2.27. The van der Waals surface area contributed by atoms with Crippen molar-refractivity contribution in [3.8, 4) is 0 Å². The van der Waals surface area contributed by atoms with Gasteiger partial charge in [0.2, 0.25) is 10.0 Å². The summed E-state index contributed by atoms with van der Waals surface area (Å²) in [5.41, 5.74) is 0.573. The molecule has 6 nitrogen and oxygen atoms in total. The molecule has 0 fully saturated rings. The van der Waals surface area contributed by atoms with Crippen LogP contribution >= 0.6 is 0 Å². The molecule has 1 aromatic rings. The molecule has 2 N–H and O–H groups in total. The number of sulfonamides is 1. The van der Waals surface area contributed by atoms with E-state index in [2.05, 4.69) is 4.72 Å². The molecule has 0 saturated heterocycles. The molecule has 0 amide bonds. The predicted octanol–water partition coefficient (Wildman–Crippen LogP) is 0.544. The number of benzene rings is 1. The van der Waals surface area contributed by atoms with E-state index in [0.717, 1.165) is 13.0 Å². The molecule has 0 aliphatic heterocycles. The number of hydrogen-bond acceptors (Lipinski definition) is 4. The van der Waals surface area contributed by atoms with Gasteiger partial charge in [0, 0.05) is 6.54 Å². The molecule has 0 aliphatic carbocycles. The van der Waals surface area contributed by atoms with E-state index in [9.17, 15) is 13.2 Å². The van der Waals surface area contributed by atoms with E-state index in [-0.39, 0.29) is 11.3 Å². The summed E-state index contributed by atoms with van der Waals surface area (Å²) in [4.78, 5) is 12.7. The van der Waals surface area contributed by atoms with E-state index in [1.54, 1.807) is 0 Å². The van der Waals surface area contributed by atoms with Gasteiger partial charge in [0.15, 0.2) is 0 Å². The Morgan fingerprint density at radius 2 is 1.85 bits per heavy atom. The first-order valence-electron chi connectivity index (χ1n) is 6.26. The van der Waals surface area contributed by atoms with Crippen molar-refractivity contribution in [2.75, 3.05) is 27.2 Å². The van der Waals surface area contributed by atoms with Crippen molar-refractivity contribution in [2.24, 2.45) is 0 Å². The highest BCUT2D eigenvalue weighted by atomic mass is 32.2. The molecule has 0 aromatic heterocycles. The minimum Gasteiger partial charge on any atom is -0.481 e. The van der Waals surface area contributed by atoms with Gasteiger partial charge in [0.05, 0.1) is 11.3 Å². The maximum Gasteiger partial charge on any atom is 0.307 e. The molecule has 1 aromatic carbocycles. The second-order valence-electron chi connectivity index (χ2n) is 4.77. The highest BCUT2D eigenvalue weighted by molar-refractivity contribution is 7.89. The number of nitrogens with one attached hydrogen (secondary N) is 1. The third-order valence-corrected chi connectivity index (χ3v) is 4.14. The molecule has 1 rings (SSSR count). The fourth-order valence-corrected chi connectivity index (χ4v) is 2.72. The van der Waals surface area contributed by atoms with Gasteiger partial charge in [-0.25, -0.2) is 13.1 Å². The largest absolute Gasteiger partial charge is 0.481 e. The minimum atomic E-state index is -3.52. The summed E-state index contributed by atoms with van der Waals surface area (Å²) >= 11 is 0. The quantitative estimate of drug-likeness (QED) is 0.684. The Bertz CT molecular complexity index is 538. The Hall–Kier alpha value is -1.44. The van der Waals surface area contributed by atoms with Gasteiger partial charge in [-0.15, -0.1) is 0 Å². The summed E-state index contributed by atoms with van der Waals surface area (Å²) in [6.07, 6.45) is 0.611. The first-order valence-corrected chi connectivity index (χ1v) is 7.75. The standard InChI is InChI=1S/C13H20N2O4S/c1-15(2)9-3-8-14-20(18,19)12-6-4-11(5-7-12)10-13(16)17/h4-7,14H,3,8-10H2,1-2H3,(H,16,17). The maximum absolute atomic E-state index is 12.0. The molecule has 0 spiro atoms. The Morgan fingerprint density at radius 1 is 1.25 bits per heavy atom. The van der Waals surface area contributed by atoms with Crippen LogP contribution in [-0.2, 0) is 21.2 Å². The second-order valence-corrected chi connectivity index (χ2v) is 6.54. The monoisotopic (exact) mass is 300 g/mol. The summed E-state index contributed by atoms with van der Waals surface area (Å²) in [5.74, 6) is -0.942. The van der Waals surface area contributed by atoms with Crippen LogP contribution in [0.25, 0.3) is 0 Å². The Kier molecular flexibility index (Phi) is 6.12. The van der Waals surface area contributed by atoms with E-state index >= 15 is 0 Å². The van der Waals surface area contributed by atoms with Gasteiger partial charge in [0.25, 0.3) is 0 Å². The minimum absolute atomic E-state index is 0.114. The smallest absolute Gasteiger partial charge is 0.307 e. The van der Waals surface area contributed by atoms with Crippen molar-refractivity contribution in [1.29, 1.82) is 0 Å². The van der Waals surface area contributed by atoms with E-state index in [1.165, 1.54) is 24.3 Å². The zero-order chi connectivity index (χ0) is 15.2. The van der Waals surface area contributed by atoms with Crippen LogP contribution < -0.4 is 4.72 Å². The van der Waals surface area contributed by atoms with Crippen LogP contribution in [-0.4, -0.2) is 51.6 Å². The highest BCUT2D eigenvalue weighted by Crippen LogP contribution is 2.11. The summed E-state index contributed by atoms with van der Waals surface area (Å²) in [7, 11) is 0.333. The molecule has 0 atom stereocenters. The lowest BCUT2D eigenvalue weighted by atomic mass is 10.2. The van der Waals surface area contributed by atoms with Gasteiger partial charge in [-0.3, -0.25) is 4.79 Å². The summed E-state index contributed by atoms with van der Waals surface area (Å²) in [6, 6.07) is 5.88. The molecule has 0 saturated carbocycles. The van der Waals surface area contributed by atoms with Crippen molar-refractivity contribution in [2.45, 2.75) is 17.7 Å². The predicted molar refractivity (Wildman–Crippen MR) is 76.1 cm³/mol.